The van der Waals surface area contributed by atoms with E-state index in [-0.39, 0.29) is 6.17 Å². The summed E-state index contributed by atoms with van der Waals surface area (Å²) in [4.78, 5) is 0. The Labute approximate surface area is 106 Å². The van der Waals surface area contributed by atoms with Crippen molar-refractivity contribution in [3.63, 3.8) is 0 Å². The minimum absolute atomic E-state index is 0.0383. The third-order valence-corrected chi connectivity index (χ3v) is 3.35. The summed E-state index contributed by atoms with van der Waals surface area (Å²) in [5.74, 6) is 2.56. The third kappa shape index (κ3) is 1.67. The molecule has 94 valence electrons. The Hall–Kier alpha value is -1.88. The number of nitrogens with zero attached hydrogens (tertiary/aromatic N) is 3. The molecule has 1 aliphatic heterocycles. The molecule has 1 aromatic carbocycles. The van der Waals surface area contributed by atoms with Crippen LogP contribution in [0, 0.1) is 0 Å². The van der Waals surface area contributed by atoms with Gasteiger partial charge >= 0.3 is 0 Å². The van der Waals surface area contributed by atoms with E-state index in [1.165, 1.54) is 0 Å². The predicted octanol–water partition coefficient (Wildman–Crippen LogP) is 1.75. The summed E-state index contributed by atoms with van der Waals surface area (Å²) in [6.07, 6.45) is 2.94. The summed E-state index contributed by atoms with van der Waals surface area (Å²) in [7, 11) is 1.66. The second-order valence-corrected chi connectivity index (χ2v) is 4.47. The number of fused-ring (bicyclic) bond motifs is 1. The maximum absolute atomic E-state index is 6.16. The van der Waals surface area contributed by atoms with Gasteiger partial charge in [-0.2, -0.15) is 0 Å². The number of ether oxygens (including phenoxy) is 1. The molecule has 0 aliphatic carbocycles. The van der Waals surface area contributed by atoms with Gasteiger partial charge in [-0.15, -0.1) is 10.2 Å². The number of hydrogen-bond acceptors (Lipinski definition) is 4. The molecule has 0 fully saturated rings. The van der Waals surface area contributed by atoms with E-state index in [0.29, 0.717) is 0 Å². The largest absolute Gasteiger partial charge is 0.496 e. The Balaban J connectivity index is 2.15. The molecule has 0 radical (unpaired) electrons. The van der Waals surface area contributed by atoms with Gasteiger partial charge in [0.15, 0.2) is 5.82 Å². The van der Waals surface area contributed by atoms with Crippen LogP contribution >= 0.6 is 0 Å². The molecule has 2 N–H and O–H groups in total. The Morgan fingerprint density at radius 1 is 1.33 bits per heavy atom. The zero-order valence-corrected chi connectivity index (χ0v) is 10.3. The summed E-state index contributed by atoms with van der Waals surface area (Å²) in [6.45, 7) is 0. The van der Waals surface area contributed by atoms with Crippen molar-refractivity contribution in [1.82, 2.24) is 14.8 Å². The Morgan fingerprint density at radius 2 is 2.17 bits per heavy atom. The van der Waals surface area contributed by atoms with Crippen LogP contribution in [-0.2, 0) is 6.42 Å². The number of aryl methyl sites for hydroxylation is 1. The first-order chi connectivity index (χ1) is 8.81. The minimum Gasteiger partial charge on any atom is -0.496 e. The van der Waals surface area contributed by atoms with Crippen LogP contribution in [0.2, 0.25) is 0 Å². The molecule has 0 spiro atoms. The molecular weight excluding hydrogens is 228 g/mol. The van der Waals surface area contributed by atoms with Crippen LogP contribution in [0.1, 0.15) is 24.8 Å². The molecule has 5 nitrogen and oxygen atoms in total. The van der Waals surface area contributed by atoms with E-state index in [1.807, 2.05) is 28.8 Å². The fraction of sp³-hybridized carbons (Fsp3) is 0.385. The molecule has 2 aromatic rings. The molecule has 3 rings (SSSR count). The maximum Gasteiger partial charge on any atom is 0.169 e. The number of benzene rings is 1. The second-order valence-electron chi connectivity index (χ2n) is 4.47. The summed E-state index contributed by atoms with van der Waals surface area (Å²) in [6, 6.07) is 7.81. The first kappa shape index (κ1) is 11.2. The number of aromatic nitrogens is 3. The topological polar surface area (TPSA) is 66.0 Å². The van der Waals surface area contributed by atoms with Crippen LogP contribution in [0.4, 0.5) is 0 Å². The van der Waals surface area contributed by atoms with E-state index >= 15 is 0 Å². The lowest BCUT2D eigenvalue weighted by Crippen LogP contribution is -2.25. The Bertz CT molecular complexity index is 564. The van der Waals surface area contributed by atoms with E-state index in [1.54, 1.807) is 7.11 Å². The SMILES string of the molecule is COc1ccccc1-c1nnc2n1C(N)CCC2. The number of hydrogen-bond donors (Lipinski definition) is 1. The summed E-state index contributed by atoms with van der Waals surface area (Å²) < 4.78 is 7.40. The van der Waals surface area contributed by atoms with Crippen LogP contribution in [0.15, 0.2) is 24.3 Å². The molecule has 0 bridgehead atoms. The van der Waals surface area contributed by atoms with Crippen LogP contribution in [0.25, 0.3) is 11.4 Å². The van der Waals surface area contributed by atoms with Gasteiger partial charge < -0.3 is 10.5 Å². The molecule has 0 amide bonds. The van der Waals surface area contributed by atoms with Gasteiger partial charge in [-0.05, 0) is 25.0 Å². The van der Waals surface area contributed by atoms with Crippen molar-refractivity contribution in [2.75, 3.05) is 7.11 Å². The predicted molar refractivity (Wildman–Crippen MR) is 68.2 cm³/mol. The van der Waals surface area contributed by atoms with Gasteiger partial charge in [0.25, 0.3) is 0 Å². The molecule has 18 heavy (non-hydrogen) atoms. The zero-order chi connectivity index (χ0) is 12.5. The van der Waals surface area contributed by atoms with Crippen LogP contribution in [0.5, 0.6) is 5.75 Å². The lowest BCUT2D eigenvalue weighted by Gasteiger charge is -2.22. The number of methoxy groups -OCH3 is 1. The van der Waals surface area contributed by atoms with E-state index in [2.05, 4.69) is 10.2 Å². The highest BCUT2D eigenvalue weighted by Crippen LogP contribution is 2.32. The molecule has 1 unspecified atom stereocenters. The van der Waals surface area contributed by atoms with Crippen LogP contribution < -0.4 is 10.5 Å². The molecule has 1 aromatic heterocycles. The minimum atomic E-state index is -0.0383. The van der Waals surface area contributed by atoms with Crippen LogP contribution in [0.3, 0.4) is 0 Å². The van der Waals surface area contributed by atoms with Crippen LogP contribution in [-0.4, -0.2) is 21.9 Å². The molecule has 1 atom stereocenters. The molecular formula is C13H16N4O. The van der Waals surface area contributed by atoms with Gasteiger partial charge in [0.2, 0.25) is 0 Å². The van der Waals surface area contributed by atoms with Crippen molar-refractivity contribution >= 4 is 0 Å². The molecule has 5 heteroatoms. The third-order valence-electron chi connectivity index (χ3n) is 3.35. The molecule has 1 aliphatic rings. The quantitative estimate of drug-likeness (QED) is 0.874. The molecule has 2 heterocycles. The first-order valence-electron chi connectivity index (χ1n) is 6.14. The van der Waals surface area contributed by atoms with E-state index in [9.17, 15) is 0 Å². The van der Waals surface area contributed by atoms with Crippen molar-refractivity contribution in [3.8, 4) is 17.1 Å². The van der Waals surface area contributed by atoms with Crippen molar-refractivity contribution in [2.24, 2.45) is 5.73 Å². The highest BCUT2D eigenvalue weighted by molar-refractivity contribution is 5.64. The maximum atomic E-state index is 6.16. The van der Waals surface area contributed by atoms with Gasteiger partial charge in [0.05, 0.1) is 18.8 Å². The average Bonchev–Trinajstić information content (AvgIpc) is 2.84. The van der Waals surface area contributed by atoms with Crippen molar-refractivity contribution in [1.29, 1.82) is 0 Å². The lowest BCUT2D eigenvalue weighted by molar-refractivity contribution is 0.405. The Morgan fingerprint density at radius 3 is 3.00 bits per heavy atom. The number of para-hydroxylation sites is 1. The normalized spacial score (nSPS) is 18.4. The highest BCUT2D eigenvalue weighted by Gasteiger charge is 2.23. The number of nitrogens with two attached hydrogens (primary N) is 1. The second kappa shape index (κ2) is 4.42. The van der Waals surface area contributed by atoms with Gasteiger partial charge in [0, 0.05) is 6.42 Å². The van der Waals surface area contributed by atoms with Gasteiger partial charge in [-0.3, -0.25) is 4.57 Å². The molecule has 0 saturated heterocycles. The fourth-order valence-electron chi connectivity index (χ4n) is 2.45. The molecule has 0 saturated carbocycles. The van der Waals surface area contributed by atoms with Crippen molar-refractivity contribution in [3.05, 3.63) is 30.1 Å². The Kier molecular flexibility index (Phi) is 2.76. The summed E-state index contributed by atoms with van der Waals surface area (Å²) in [5, 5.41) is 8.52. The monoisotopic (exact) mass is 244 g/mol. The lowest BCUT2D eigenvalue weighted by atomic mass is 10.1. The van der Waals surface area contributed by atoms with Crippen molar-refractivity contribution in [2.45, 2.75) is 25.4 Å². The summed E-state index contributed by atoms with van der Waals surface area (Å²) in [5.41, 5.74) is 7.10. The highest BCUT2D eigenvalue weighted by atomic mass is 16.5. The van der Waals surface area contributed by atoms with E-state index in [0.717, 1.165) is 42.2 Å². The van der Waals surface area contributed by atoms with Crippen molar-refractivity contribution < 1.29 is 4.74 Å². The average molecular weight is 244 g/mol. The van der Waals surface area contributed by atoms with E-state index < -0.39 is 0 Å². The standard InChI is InChI=1S/C13H16N4O/c1-18-10-6-3-2-5-9(10)13-16-15-12-8-4-7-11(14)17(12)13/h2-3,5-6,11H,4,7-8,14H2,1H3. The zero-order valence-electron chi connectivity index (χ0n) is 10.3. The van der Waals surface area contributed by atoms with Gasteiger partial charge in [-0.1, -0.05) is 12.1 Å². The number of rotatable bonds is 2. The first-order valence-corrected chi connectivity index (χ1v) is 6.14. The fourth-order valence-corrected chi connectivity index (χ4v) is 2.45. The van der Waals surface area contributed by atoms with Gasteiger partial charge in [-0.25, -0.2) is 0 Å². The van der Waals surface area contributed by atoms with E-state index in [4.69, 9.17) is 10.5 Å². The van der Waals surface area contributed by atoms with Gasteiger partial charge in [0.1, 0.15) is 11.6 Å². The summed E-state index contributed by atoms with van der Waals surface area (Å²) >= 11 is 0. The smallest absolute Gasteiger partial charge is 0.169 e.